The number of carbonyl (C=O) groups is 1. The van der Waals surface area contributed by atoms with Gasteiger partial charge in [-0.25, -0.2) is 9.97 Å². The number of benzene rings is 1. The van der Waals surface area contributed by atoms with Crippen molar-refractivity contribution in [3.05, 3.63) is 53.3 Å². The Bertz CT molecular complexity index is 640. The summed E-state index contributed by atoms with van der Waals surface area (Å²) in [5, 5.41) is 5.98. The maximum absolute atomic E-state index is 11.9. The normalized spacial score (nSPS) is 10.6. The molecule has 1 amide bonds. The van der Waals surface area contributed by atoms with E-state index in [-0.39, 0.29) is 5.91 Å². The first-order valence-corrected chi connectivity index (χ1v) is 7.59. The molecule has 2 rings (SSSR count). The summed E-state index contributed by atoms with van der Waals surface area (Å²) in [4.78, 5) is 22.3. The lowest BCUT2D eigenvalue weighted by molar-refractivity contribution is 0.0950. The van der Waals surface area contributed by atoms with Crippen molar-refractivity contribution in [2.24, 2.45) is 0 Å². The minimum absolute atomic E-state index is 0.155. The Morgan fingerprint density at radius 2 is 1.96 bits per heavy atom. The largest absolute Gasteiger partial charge is 0.351 e. The van der Waals surface area contributed by atoms with E-state index in [0.717, 1.165) is 6.54 Å². The van der Waals surface area contributed by atoms with Gasteiger partial charge in [-0.2, -0.15) is 0 Å². The van der Waals surface area contributed by atoms with Crippen molar-refractivity contribution in [2.75, 3.05) is 32.5 Å². The molecule has 122 valence electrons. The maximum atomic E-state index is 11.9. The number of anilines is 1. The molecule has 0 aliphatic carbocycles. The van der Waals surface area contributed by atoms with E-state index in [1.54, 1.807) is 0 Å². The Labute approximate surface area is 137 Å². The third-order valence-corrected chi connectivity index (χ3v) is 3.29. The van der Waals surface area contributed by atoms with Crippen LogP contribution in [0, 0.1) is 6.92 Å². The molecule has 0 aliphatic rings. The van der Waals surface area contributed by atoms with Crippen molar-refractivity contribution in [1.29, 1.82) is 0 Å². The average Bonchev–Trinajstić information content (AvgIpc) is 2.53. The molecule has 2 aromatic rings. The molecule has 6 nitrogen and oxygen atoms in total. The van der Waals surface area contributed by atoms with Crippen LogP contribution in [-0.4, -0.2) is 48.0 Å². The van der Waals surface area contributed by atoms with Crippen LogP contribution in [0.15, 0.2) is 36.7 Å². The lowest BCUT2D eigenvalue weighted by Crippen LogP contribution is -2.31. The molecule has 0 spiro atoms. The number of rotatable bonds is 7. The van der Waals surface area contributed by atoms with Crippen molar-refractivity contribution < 1.29 is 4.79 Å². The maximum Gasteiger partial charge on any atom is 0.254 e. The van der Waals surface area contributed by atoms with E-state index in [0.29, 0.717) is 24.6 Å². The van der Waals surface area contributed by atoms with Crippen molar-refractivity contribution in [3.63, 3.8) is 0 Å². The molecule has 0 bridgehead atoms. The molecular weight excluding hydrogens is 290 g/mol. The smallest absolute Gasteiger partial charge is 0.254 e. The van der Waals surface area contributed by atoms with E-state index >= 15 is 0 Å². The van der Waals surface area contributed by atoms with Gasteiger partial charge in [-0.3, -0.25) is 4.79 Å². The zero-order valence-electron chi connectivity index (χ0n) is 13.8. The van der Waals surface area contributed by atoms with Gasteiger partial charge < -0.3 is 15.5 Å². The van der Waals surface area contributed by atoms with Crippen LogP contribution >= 0.6 is 0 Å². The van der Waals surface area contributed by atoms with Crippen LogP contribution in [0.4, 0.5) is 5.95 Å². The van der Waals surface area contributed by atoms with Gasteiger partial charge in [0.2, 0.25) is 5.95 Å². The molecule has 2 N–H and O–H groups in total. The molecule has 0 aliphatic heterocycles. The van der Waals surface area contributed by atoms with E-state index in [9.17, 15) is 4.79 Å². The Balaban J connectivity index is 1.85. The van der Waals surface area contributed by atoms with Crippen LogP contribution in [0.1, 0.15) is 21.5 Å². The molecule has 0 saturated carbocycles. The predicted molar refractivity (Wildman–Crippen MR) is 91.4 cm³/mol. The van der Waals surface area contributed by atoms with Gasteiger partial charge in [-0.1, -0.05) is 29.8 Å². The van der Waals surface area contributed by atoms with Crippen LogP contribution in [0.5, 0.6) is 0 Å². The van der Waals surface area contributed by atoms with Gasteiger partial charge in [0, 0.05) is 32.0 Å². The van der Waals surface area contributed by atoms with Crippen molar-refractivity contribution in [1.82, 2.24) is 20.2 Å². The summed E-state index contributed by atoms with van der Waals surface area (Å²) in [6, 6.07) is 8.24. The van der Waals surface area contributed by atoms with Crippen molar-refractivity contribution >= 4 is 11.9 Å². The quantitative estimate of drug-likeness (QED) is 0.814. The summed E-state index contributed by atoms with van der Waals surface area (Å²) in [6.07, 6.45) is 3.08. The second kappa shape index (κ2) is 8.24. The average molecular weight is 313 g/mol. The first-order valence-electron chi connectivity index (χ1n) is 7.59. The molecule has 1 aromatic heterocycles. The lowest BCUT2D eigenvalue weighted by Gasteiger charge is -2.10. The number of nitrogens with zero attached hydrogens (tertiary/aromatic N) is 3. The standard InChI is InChI=1S/C17H23N5O/c1-13-5-4-6-14(9-13)10-19-17-20-11-15(12-21-17)16(23)18-7-8-22(2)3/h4-6,9,11-12H,7-8,10H2,1-3H3,(H,18,23)(H,19,20,21). The van der Waals surface area contributed by atoms with Gasteiger partial charge in [0.25, 0.3) is 5.91 Å². The van der Waals surface area contributed by atoms with Gasteiger partial charge in [0.1, 0.15) is 0 Å². The summed E-state index contributed by atoms with van der Waals surface area (Å²) in [5.41, 5.74) is 2.85. The summed E-state index contributed by atoms with van der Waals surface area (Å²) < 4.78 is 0. The van der Waals surface area contributed by atoms with Gasteiger partial charge in [0.05, 0.1) is 5.56 Å². The fourth-order valence-electron chi connectivity index (χ4n) is 2.03. The third-order valence-electron chi connectivity index (χ3n) is 3.29. The highest BCUT2D eigenvalue weighted by atomic mass is 16.1. The van der Waals surface area contributed by atoms with E-state index in [1.165, 1.54) is 23.5 Å². The molecule has 0 atom stereocenters. The zero-order chi connectivity index (χ0) is 16.7. The number of aromatic nitrogens is 2. The molecule has 0 unspecified atom stereocenters. The minimum atomic E-state index is -0.155. The summed E-state index contributed by atoms with van der Waals surface area (Å²) >= 11 is 0. The number of aryl methyl sites for hydroxylation is 1. The Hall–Kier alpha value is -2.47. The monoisotopic (exact) mass is 313 g/mol. The second-order valence-electron chi connectivity index (χ2n) is 5.70. The number of hydrogen-bond donors (Lipinski definition) is 2. The van der Waals surface area contributed by atoms with Crippen LogP contribution < -0.4 is 10.6 Å². The van der Waals surface area contributed by atoms with E-state index in [1.807, 2.05) is 31.1 Å². The fourth-order valence-corrected chi connectivity index (χ4v) is 2.03. The fraction of sp³-hybridized carbons (Fsp3) is 0.353. The summed E-state index contributed by atoms with van der Waals surface area (Å²) in [5.74, 6) is 0.355. The first kappa shape index (κ1) is 16.9. The highest BCUT2D eigenvalue weighted by Crippen LogP contribution is 2.07. The van der Waals surface area contributed by atoms with Crippen LogP contribution in [-0.2, 0) is 6.54 Å². The highest BCUT2D eigenvalue weighted by Gasteiger charge is 2.06. The topological polar surface area (TPSA) is 70.2 Å². The number of hydrogen-bond acceptors (Lipinski definition) is 5. The van der Waals surface area contributed by atoms with Crippen LogP contribution in [0.3, 0.4) is 0 Å². The van der Waals surface area contributed by atoms with Crippen LogP contribution in [0.25, 0.3) is 0 Å². The molecule has 1 heterocycles. The molecule has 0 saturated heterocycles. The number of nitrogens with one attached hydrogen (secondary N) is 2. The third kappa shape index (κ3) is 5.67. The van der Waals surface area contributed by atoms with Gasteiger partial charge in [0.15, 0.2) is 0 Å². The molecule has 23 heavy (non-hydrogen) atoms. The molecule has 0 radical (unpaired) electrons. The minimum Gasteiger partial charge on any atom is -0.351 e. The molecular formula is C17H23N5O. The zero-order valence-corrected chi connectivity index (χ0v) is 13.8. The van der Waals surface area contributed by atoms with Crippen LogP contribution in [0.2, 0.25) is 0 Å². The number of likely N-dealkylation sites (N-methyl/N-ethyl adjacent to an activating group) is 1. The summed E-state index contributed by atoms with van der Waals surface area (Å²) in [6.45, 7) is 4.10. The Kier molecular flexibility index (Phi) is 6.05. The molecule has 6 heteroatoms. The SMILES string of the molecule is Cc1cccc(CNc2ncc(C(=O)NCCN(C)C)cn2)c1. The van der Waals surface area contributed by atoms with Crippen molar-refractivity contribution in [2.45, 2.75) is 13.5 Å². The summed E-state index contributed by atoms with van der Waals surface area (Å²) in [7, 11) is 3.92. The number of carbonyl (C=O) groups excluding carboxylic acids is 1. The van der Waals surface area contributed by atoms with Gasteiger partial charge in [-0.05, 0) is 26.6 Å². The molecule has 1 aromatic carbocycles. The van der Waals surface area contributed by atoms with E-state index in [2.05, 4.69) is 39.7 Å². The Morgan fingerprint density at radius 1 is 1.22 bits per heavy atom. The van der Waals surface area contributed by atoms with E-state index < -0.39 is 0 Å². The second-order valence-corrected chi connectivity index (χ2v) is 5.70. The predicted octanol–water partition coefficient (Wildman–Crippen LogP) is 1.69. The van der Waals surface area contributed by atoms with Crippen molar-refractivity contribution in [3.8, 4) is 0 Å². The highest BCUT2D eigenvalue weighted by molar-refractivity contribution is 5.93. The number of amides is 1. The van der Waals surface area contributed by atoms with E-state index in [4.69, 9.17) is 0 Å². The first-order chi connectivity index (χ1) is 11.0. The van der Waals surface area contributed by atoms with Gasteiger partial charge >= 0.3 is 0 Å². The van der Waals surface area contributed by atoms with Gasteiger partial charge in [-0.15, -0.1) is 0 Å². The Morgan fingerprint density at radius 3 is 2.61 bits per heavy atom. The lowest BCUT2D eigenvalue weighted by atomic mass is 10.1. The molecule has 0 fully saturated rings.